The van der Waals surface area contributed by atoms with Crippen LogP contribution in [0.15, 0.2) is 58.3 Å². The van der Waals surface area contributed by atoms with Crippen LogP contribution in [0.3, 0.4) is 0 Å². The first kappa shape index (κ1) is 21.8. The molecule has 0 spiro atoms. The average molecular weight is 463 g/mol. The van der Waals surface area contributed by atoms with Gasteiger partial charge in [0.2, 0.25) is 0 Å². The minimum atomic E-state index is -0.676. The SMILES string of the molecule is CCOC(=O)c1[nH]n(-c2ccccc2)c(=O)c1C=NC(=S)Nc1ccc(Cl)cc1Cl. The number of ether oxygens (including phenoxy) is 1. The highest BCUT2D eigenvalue weighted by molar-refractivity contribution is 7.80. The Morgan fingerprint density at radius 2 is 2.00 bits per heavy atom. The first-order valence-corrected chi connectivity index (χ1v) is 9.94. The van der Waals surface area contributed by atoms with Crippen LogP contribution in [0.4, 0.5) is 5.69 Å². The van der Waals surface area contributed by atoms with Crippen molar-refractivity contribution in [3.8, 4) is 5.69 Å². The van der Waals surface area contributed by atoms with E-state index < -0.39 is 11.5 Å². The Bertz CT molecular complexity index is 1170. The molecule has 0 saturated heterocycles. The van der Waals surface area contributed by atoms with Gasteiger partial charge in [-0.25, -0.2) is 14.5 Å². The standard InChI is InChI=1S/C20H16Cl2N4O3S/c1-2-29-19(28)17-14(18(27)26(25-17)13-6-4-3-5-7-13)11-23-20(30)24-16-9-8-12(21)10-15(16)22/h3-11,25H,2H2,1H3,(H,24,30). The molecule has 0 aliphatic heterocycles. The lowest BCUT2D eigenvalue weighted by molar-refractivity contribution is 0.0519. The van der Waals surface area contributed by atoms with Crippen LogP contribution in [-0.4, -0.2) is 33.7 Å². The maximum Gasteiger partial charge on any atom is 0.357 e. The molecule has 154 valence electrons. The Balaban J connectivity index is 1.93. The molecule has 0 atom stereocenters. The van der Waals surface area contributed by atoms with E-state index in [-0.39, 0.29) is 23.0 Å². The number of anilines is 1. The van der Waals surface area contributed by atoms with Crippen LogP contribution in [-0.2, 0) is 4.74 Å². The van der Waals surface area contributed by atoms with Crippen LogP contribution in [0.5, 0.6) is 0 Å². The number of carbonyl (C=O) groups is 1. The van der Waals surface area contributed by atoms with E-state index in [1.807, 2.05) is 6.07 Å². The van der Waals surface area contributed by atoms with Gasteiger partial charge in [-0.3, -0.25) is 9.89 Å². The third kappa shape index (κ3) is 4.96. The molecule has 10 heteroatoms. The Kier molecular flexibility index (Phi) is 7.04. The second-order valence-corrected chi connectivity index (χ2v) is 7.14. The summed E-state index contributed by atoms with van der Waals surface area (Å²) in [6.07, 6.45) is 1.21. The van der Waals surface area contributed by atoms with Crippen molar-refractivity contribution in [2.75, 3.05) is 11.9 Å². The summed E-state index contributed by atoms with van der Waals surface area (Å²) < 4.78 is 6.28. The summed E-state index contributed by atoms with van der Waals surface area (Å²) in [5.74, 6) is -0.676. The van der Waals surface area contributed by atoms with Crippen molar-refractivity contribution in [2.24, 2.45) is 4.99 Å². The number of esters is 1. The van der Waals surface area contributed by atoms with Gasteiger partial charge < -0.3 is 10.1 Å². The zero-order valence-electron chi connectivity index (χ0n) is 15.7. The minimum Gasteiger partial charge on any atom is -0.461 e. The van der Waals surface area contributed by atoms with Gasteiger partial charge in [-0.05, 0) is 49.5 Å². The number of nitrogens with one attached hydrogen (secondary N) is 2. The number of para-hydroxylation sites is 1. The van der Waals surface area contributed by atoms with Gasteiger partial charge in [0.05, 0.1) is 28.6 Å². The summed E-state index contributed by atoms with van der Waals surface area (Å²) in [4.78, 5) is 29.3. The number of hydrogen-bond donors (Lipinski definition) is 2. The van der Waals surface area contributed by atoms with Crippen LogP contribution in [0, 0.1) is 0 Å². The monoisotopic (exact) mass is 462 g/mol. The number of rotatable bonds is 5. The van der Waals surface area contributed by atoms with Crippen molar-refractivity contribution in [1.29, 1.82) is 0 Å². The van der Waals surface area contributed by atoms with Crippen molar-refractivity contribution in [1.82, 2.24) is 9.78 Å². The number of aliphatic imine (C=N–C) groups is 1. The number of hydrogen-bond acceptors (Lipinski definition) is 4. The number of benzene rings is 2. The normalized spacial score (nSPS) is 10.9. The number of carbonyl (C=O) groups excluding carboxylic acids is 1. The van der Waals surface area contributed by atoms with Gasteiger partial charge in [0, 0.05) is 11.2 Å². The summed E-state index contributed by atoms with van der Waals surface area (Å²) in [6.45, 7) is 1.83. The maximum atomic E-state index is 12.9. The lowest BCUT2D eigenvalue weighted by Gasteiger charge is -2.06. The third-order valence-electron chi connectivity index (χ3n) is 3.90. The van der Waals surface area contributed by atoms with Gasteiger partial charge in [0.1, 0.15) is 0 Å². The molecule has 0 bridgehead atoms. The predicted molar refractivity (Wildman–Crippen MR) is 123 cm³/mol. The highest BCUT2D eigenvalue weighted by Crippen LogP contribution is 2.25. The van der Waals surface area contributed by atoms with E-state index in [4.69, 9.17) is 40.2 Å². The first-order chi connectivity index (χ1) is 14.4. The third-order valence-corrected chi connectivity index (χ3v) is 4.66. The molecule has 0 amide bonds. The zero-order chi connectivity index (χ0) is 21.7. The van der Waals surface area contributed by atoms with Crippen LogP contribution >= 0.6 is 35.4 Å². The van der Waals surface area contributed by atoms with E-state index in [0.29, 0.717) is 21.4 Å². The molecule has 0 aliphatic carbocycles. The Morgan fingerprint density at radius 3 is 2.67 bits per heavy atom. The number of aromatic nitrogens is 2. The summed E-state index contributed by atoms with van der Waals surface area (Å²) in [5.41, 5.74) is 0.580. The molecule has 3 aromatic rings. The second kappa shape index (κ2) is 9.71. The second-order valence-electron chi connectivity index (χ2n) is 5.91. The number of halogens is 2. The van der Waals surface area contributed by atoms with Gasteiger partial charge in [0.15, 0.2) is 10.8 Å². The molecule has 1 heterocycles. The summed E-state index contributed by atoms with van der Waals surface area (Å²) in [7, 11) is 0. The molecule has 0 aliphatic rings. The number of aromatic amines is 1. The van der Waals surface area contributed by atoms with E-state index in [2.05, 4.69) is 15.4 Å². The minimum absolute atomic E-state index is 0.0173. The average Bonchev–Trinajstić information content (AvgIpc) is 3.06. The van der Waals surface area contributed by atoms with Gasteiger partial charge in [-0.2, -0.15) is 0 Å². The maximum absolute atomic E-state index is 12.9. The van der Waals surface area contributed by atoms with E-state index in [1.165, 1.54) is 10.9 Å². The molecule has 2 aromatic carbocycles. The molecule has 0 saturated carbocycles. The summed E-state index contributed by atoms with van der Waals surface area (Å²) in [5, 5.41) is 6.51. The van der Waals surface area contributed by atoms with Gasteiger partial charge >= 0.3 is 5.97 Å². The molecular formula is C20H16Cl2N4O3S. The number of thiocarbonyl (C=S) groups is 1. The lowest BCUT2D eigenvalue weighted by atomic mass is 10.2. The van der Waals surface area contributed by atoms with Gasteiger partial charge in [0.25, 0.3) is 5.56 Å². The van der Waals surface area contributed by atoms with Crippen molar-refractivity contribution in [3.05, 3.63) is 80.2 Å². The molecule has 0 radical (unpaired) electrons. The molecule has 0 unspecified atom stereocenters. The lowest BCUT2D eigenvalue weighted by Crippen LogP contribution is -2.18. The van der Waals surface area contributed by atoms with Crippen LogP contribution in [0.25, 0.3) is 5.69 Å². The Hall–Kier alpha value is -2.94. The molecular weight excluding hydrogens is 447 g/mol. The molecule has 2 N–H and O–H groups in total. The smallest absolute Gasteiger partial charge is 0.357 e. The number of H-pyrrole nitrogens is 1. The largest absolute Gasteiger partial charge is 0.461 e. The highest BCUT2D eigenvalue weighted by Gasteiger charge is 2.21. The number of nitrogens with zero attached hydrogens (tertiary/aromatic N) is 2. The van der Waals surface area contributed by atoms with Crippen LogP contribution in [0.1, 0.15) is 23.0 Å². The molecule has 0 fully saturated rings. The van der Waals surface area contributed by atoms with E-state index in [9.17, 15) is 9.59 Å². The van der Waals surface area contributed by atoms with Gasteiger partial charge in [-0.1, -0.05) is 41.4 Å². The van der Waals surface area contributed by atoms with Crippen molar-refractivity contribution < 1.29 is 9.53 Å². The summed E-state index contributed by atoms with van der Waals surface area (Å²) >= 11 is 17.2. The molecule has 3 rings (SSSR count). The van der Waals surface area contributed by atoms with Crippen LogP contribution < -0.4 is 10.9 Å². The van der Waals surface area contributed by atoms with Gasteiger partial charge in [-0.15, -0.1) is 0 Å². The predicted octanol–water partition coefficient (Wildman–Crippen LogP) is 4.47. The Morgan fingerprint density at radius 1 is 1.27 bits per heavy atom. The van der Waals surface area contributed by atoms with Crippen LogP contribution in [0.2, 0.25) is 10.0 Å². The fourth-order valence-corrected chi connectivity index (χ4v) is 3.17. The fraction of sp³-hybridized carbons (Fsp3) is 0.100. The summed E-state index contributed by atoms with van der Waals surface area (Å²) in [6, 6.07) is 13.7. The van der Waals surface area contributed by atoms with E-state index in [1.54, 1.807) is 49.4 Å². The van der Waals surface area contributed by atoms with Crippen molar-refractivity contribution in [2.45, 2.75) is 6.92 Å². The van der Waals surface area contributed by atoms with E-state index in [0.717, 1.165) is 0 Å². The van der Waals surface area contributed by atoms with Crippen molar-refractivity contribution >= 4 is 58.4 Å². The molecule has 1 aromatic heterocycles. The van der Waals surface area contributed by atoms with Crippen molar-refractivity contribution in [3.63, 3.8) is 0 Å². The highest BCUT2D eigenvalue weighted by atomic mass is 35.5. The Labute approximate surface area is 187 Å². The van der Waals surface area contributed by atoms with E-state index >= 15 is 0 Å². The topological polar surface area (TPSA) is 88.5 Å². The first-order valence-electron chi connectivity index (χ1n) is 8.78. The molecule has 30 heavy (non-hydrogen) atoms. The fourth-order valence-electron chi connectivity index (χ4n) is 2.55. The zero-order valence-corrected chi connectivity index (χ0v) is 18.0. The quantitative estimate of drug-likeness (QED) is 0.331. The molecule has 7 nitrogen and oxygen atoms in total.